The molecule has 1 N–H and O–H groups in total. The number of pyridine rings is 1. The first kappa shape index (κ1) is 19.6. The minimum atomic E-state index is -0.216. The van der Waals surface area contributed by atoms with E-state index in [1.54, 1.807) is 6.07 Å². The molecule has 148 valence electrons. The zero-order chi connectivity index (χ0) is 20.1. The van der Waals surface area contributed by atoms with E-state index in [-0.39, 0.29) is 5.91 Å². The van der Waals surface area contributed by atoms with Crippen molar-refractivity contribution >= 4 is 34.1 Å². The van der Waals surface area contributed by atoms with Crippen molar-refractivity contribution < 1.29 is 4.79 Å². The van der Waals surface area contributed by atoms with Crippen LogP contribution in [-0.2, 0) is 0 Å². The van der Waals surface area contributed by atoms with Gasteiger partial charge in [0.15, 0.2) is 0 Å². The first-order valence-corrected chi connectivity index (χ1v) is 10.6. The van der Waals surface area contributed by atoms with Crippen LogP contribution in [0.3, 0.4) is 0 Å². The van der Waals surface area contributed by atoms with Gasteiger partial charge in [-0.25, -0.2) is 10.4 Å². The maximum atomic E-state index is 13.0. The van der Waals surface area contributed by atoms with Gasteiger partial charge in [-0.15, -0.1) is 0 Å². The number of carbonyl (C=O) groups excluding carboxylic acids is 1. The standard InChI is InChI=1S/C24H24ClN3O/c25-21-14-8-6-13-19(21)23-16-20(18-12-7-9-15-22(18)26-23)24(29)28-27-17-10-4-2-1-3-5-11-17/h6-9,12-16H,1-5,10-11H2,(H,28,29). The maximum Gasteiger partial charge on any atom is 0.272 e. The van der Waals surface area contributed by atoms with Crippen molar-refractivity contribution in [2.45, 2.75) is 44.9 Å². The molecule has 0 spiro atoms. The lowest BCUT2D eigenvalue weighted by Gasteiger charge is -2.12. The molecule has 0 radical (unpaired) electrons. The Labute approximate surface area is 176 Å². The van der Waals surface area contributed by atoms with E-state index in [0.717, 1.165) is 47.9 Å². The van der Waals surface area contributed by atoms with Gasteiger partial charge in [0.1, 0.15) is 0 Å². The molecule has 0 unspecified atom stereocenters. The SMILES string of the molecule is O=C(NN=C1CCCCCCC1)c1cc(-c2ccccc2Cl)nc2ccccc12. The Balaban J connectivity index is 1.68. The number of nitrogens with zero attached hydrogens (tertiary/aromatic N) is 2. The molecule has 0 saturated heterocycles. The largest absolute Gasteiger partial charge is 0.272 e. The fraction of sp³-hybridized carbons (Fsp3) is 0.292. The van der Waals surface area contributed by atoms with Gasteiger partial charge >= 0.3 is 0 Å². The highest BCUT2D eigenvalue weighted by molar-refractivity contribution is 6.33. The van der Waals surface area contributed by atoms with Gasteiger partial charge in [-0.3, -0.25) is 4.79 Å². The monoisotopic (exact) mass is 405 g/mol. The maximum absolute atomic E-state index is 13.0. The summed E-state index contributed by atoms with van der Waals surface area (Å²) in [5.41, 5.74) is 6.68. The molecule has 5 heteroatoms. The van der Waals surface area contributed by atoms with Crippen LogP contribution in [0.1, 0.15) is 55.3 Å². The summed E-state index contributed by atoms with van der Waals surface area (Å²) < 4.78 is 0. The van der Waals surface area contributed by atoms with Crippen LogP contribution in [-0.4, -0.2) is 16.6 Å². The molecule has 1 heterocycles. The number of halogens is 1. The van der Waals surface area contributed by atoms with Crippen LogP contribution in [0.2, 0.25) is 5.02 Å². The highest BCUT2D eigenvalue weighted by Crippen LogP contribution is 2.29. The lowest BCUT2D eigenvalue weighted by molar-refractivity contribution is 0.0956. The molecule has 1 amide bonds. The van der Waals surface area contributed by atoms with Crippen molar-refractivity contribution in [3.8, 4) is 11.3 Å². The molecule has 1 aromatic heterocycles. The van der Waals surface area contributed by atoms with Crippen LogP contribution in [0.5, 0.6) is 0 Å². The van der Waals surface area contributed by atoms with Gasteiger partial charge in [-0.05, 0) is 43.9 Å². The topological polar surface area (TPSA) is 54.4 Å². The van der Waals surface area contributed by atoms with Crippen molar-refractivity contribution in [2.75, 3.05) is 0 Å². The quantitative estimate of drug-likeness (QED) is 0.513. The second-order valence-corrected chi connectivity index (χ2v) is 7.85. The third-order valence-electron chi connectivity index (χ3n) is 5.36. The number of amides is 1. The molecule has 1 saturated carbocycles. The number of hydrogen-bond donors (Lipinski definition) is 1. The van der Waals surface area contributed by atoms with Gasteiger partial charge in [-0.2, -0.15) is 5.10 Å². The zero-order valence-corrected chi connectivity index (χ0v) is 17.1. The molecule has 0 atom stereocenters. The number of fused-ring (bicyclic) bond motifs is 1. The highest BCUT2D eigenvalue weighted by atomic mass is 35.5. The first-order chi connectivity index (χ1) is 14.2. The number of benzene rings is 2. The lowest BCUT2D eigenvalue weighted by Crippen LogP contribution is -2.20. The number of para-hydroxylation sites is 1. The van der Waals surface area contributed by atoms with E-state index in [2.05, 4.69) is 10.5 Å². The molecular weight excluding hydrogens is 382 g/mol. The first-order valence-electron chi connectivity index (χ1n) is 10.2. The van der Waals surface area contributed by atoms with E-state index in [1.165, 1.54) is 19.3 Å². The molecule has 29 heavy (non-hydrogen) atoms. The predicted octanol–water partition coefficient (Wildman–Crippen LogP) is 6.39. The third kappa shape index (κ3) is 4.65. The van der Waals surface area contributed by atoms with E-state index in [0.29, 0.717) is 16.3 Å². The molecule has 1 aliphatic rings. The van der Waals surface area contributed by atoms with Gasteiger partial charge in [0.2, 0.25) is 0 Å². The van der Waals surface area contributed by atoms with Gasteiger partial charge in [0.05, 0.1) is 16.8 Å². The number of hydrogen-bond acceptors (Lipinski definition) is 3. The van der Waals surface area contributed by atoms with E-state index < -0.39 is 0 Å². The number of rotatable bonds is 3. The fourth-order valence-electron chi connectivity index (χ4n) is 3.79. The zero-order valence-electron chi connectivity index (χ0n) is 16.3. The second-order valence-electron chi connectivity index (χ2n) is 7.44. The average molecular weight is 406 g/mol. The van der Waals surface area contributed by atoms with E-state index in [4.69, 9.17) is 16.6 Å². The highest BCUT2D eigenvalue weighted by Gasteiger charge is 2.15. The van der Waals surface area contributed by atoms with Crippen molar-refractivity contribution in [3.05, 3.63) is 65.2 Å². The lowest BCUT2D eigenvalue weighted by atomic mass is 9.99. The summed E-state index contributed by atoms with van der Waals surface area (Å²) in [5.74, 6) is -0.216. The molecule has 1 fully saturated rings. The summed E-state index contributed by atoms with van der Waals surface area (Å²) >= 11 is 6.37. The van der Waals surface area contributed by atoms with Crippen molar-refractivity contribution in [3.63, 3.8) is 0 Å². The van der Waals surface area contributed by atoms with Crippen molar-refractivity contribution in [1.82, 2.24) is 10.4 Å². The molecule has 0 bridgehead atoms. The fourth-order valence-corrected chi connectivity index (χ4v) is 4.02. The minimum Gasteiger partial charge on any atom is -0.267 e. The number of aromatic nitrogens is 1. The average Bonchev–Trinajstić information content (AvgIpc) is 2.72. The Bertz CT molecular complexity index is 1050. The molecular formula is C24H24ClN3O. The summed E-state index contributed by atoms with van der Waals surface area (Å²) in [6.45, 7) is 0. The number of carbonyl (C=O) groups is 1. The molecule has 2 aromatic carbocycles. The smallest absolute Gasteiger partial charge is 0.267 e. The van der Waals surface area contributed by atoms with Gasteiger partial charge in [0, 0.05) is 21.7 Å². The predicted molar refractivity (Wildman–Crippen MR) is 119 cm³/mol. The summed E-state index contributed by atoms with van der Waals surface area (Å²) in [6, 6.07) is 17.0. The van der Waals surface area contributed by atoms with Crippen molar-refractivity contribution in [1.29, 1.82) is 0 Å². The van der Waals surface area contributed by atoms with Crippen molar-refractivity contribution in [2.24, 2.45) is 5.10 Å². The Morgan fingerprint density at radius 2 is 1.62 bits per heavy atom. The second kappa shape index (κ2) is 9.19. The van der Waals surface area contributed by atoms with Gasteiger partial charge in [0.25, 0.3) is 5.91 Å². The normalized spacial score (nSPS) is 14.9. The molecule has 4 nitrogen and oxygen atoms in total. The molecule has 0 aliphatic heterocycles. The van der Waals surface area contributed by atoms with E-state index in [1.807, 2.05) is 48.5 Å². The van der Waals surface area contributed by atoms with Crippen LogP contribution in [0.4, 0.5) is 0 Å². The Morgan fingerprint density at radius 3 is 2.41 bits per heavy atom. The van der Waals surface area contributed by atoms with Gasteiger partial charge in [-0.1, -0.05) is 67.3 Å². The third-order valence-corrected chi connectivity index (χ3v) is 5.69. The molecule has 4 rings (SSSR count). The Morgan fingerprint density at radius 1 is 0.931 bits per heavy atom. The minimum absolute atomic E-state index is 0.216. The number of nitrogens with one attached hydrogen (secondary N) is 1. The summed E-state index contributed by atoms with van der Waals surface area (Å²) in [5, 5.41) is 5.87. The van der Waals surface area contributed by atoms with E-state index in [9.17, 15) is 4.79 Å². The summed E-state index contributed by atoms with van der Waals surface area (Å²) in [7, 11) is 0. The molecule has 3 aromatic rings. The van der Waals surface area contributed by atoms with Crippen LogP contribution in [0, 0.1) is 0 Å². The van der Waals surface area contributed by atoms with E-state index >= 15 is 0 Å². The summed E-state index contributed by atoms with van der Waals surface area (Å²) in [6.07, 6.45) is 7.98. The van der Waals surface area contributed by atoms with Crippen LogP contribution in [0.15, 0.2) is 59.7 Å². The van der Waals surface area contributed by atoms with Crippen LogP contribution < -0.4 is 5.43 Å². The van der Waals surface area contributed by atoms with Crippen LogP contribution >= 0.6 is 11.6 Å². The Kier molecular flexibility index (Phi) is 6.20. The van der Waals surface area contributed by atoms with Gasteiger partial charge < -0.3 is 0 Å². The Hall–Kier alpha value is -2.72. The summed E-state index contributed by atoms with van der Waals surface area (Å²) in [4.78, 5) is 17.8. The molecule has 1 aliphatic carbocycles. The number of hydrazone groups is 1. The van der Waals surface area contributed by atoms with Crippen LogP contribution in [0.25, 0.3) is 22.2 Å².